The molecular weight excluding hydrogens is 162 g/mol. The lowest BCUT2D eigenvalue weighted by molar-refractivity contribution is -0.300. The highest BCUT2D eigenvalue weighted by Crippen LogP contribution is 2.11. The first kappa shape index (κ1) is 8.32. The highest BCUT2D eigenvalue weighted by atomic mass is 16.4. The van der Waals surface area contributed by atoms with E-state index in [0.717, 1.165) is 0 Å². The van der Waals surface area contributed by atoms with Gasteiger partial charge in [0.05, 0.1) is 11.9 Å². The van der Waals surface area contributed by atoms with Crippen LogP contribution < -0.4 is 15.5 Å². The lowest BCUT2D eigenvalue weighted by Crippen LogP contribution is -2.32. The van der Waals surface area contributed by atoms with E-state index in [1.165, 1.54) is 12.4 Å². The minimum atomic E-state index is -1.38. The van der Waals surface area contributed by atoms with E-state index < -0.39 is 11.9 Å². The number of hydrogen-bond acceptors (Lipinski definition) is 5. The van der Waals surface area contributed by atoms with Gasteiger partial charge in [-0.1, -0.05) is 0 Å². The van der Waals surface area contributed by atoms with Crippen LogP contribution in [0.5, 0.6) is 0 Å². The van der Waals surface area contributed by atoms with Gasteiger partial charge in [0, 0.05) is 18.8 Å². The molecule has 1 rings (SSSR count). The first-order chi connectivity index (χ1) is 5.61. The van der Waals surface area contributed by atoms with E-state index >= 15 is 0 Å². The van der Waals surface area contributed by atoms with Crippen molar-refractivity contribution in [3.05, 3.63) is 23.5 Å². The number of aliphatic carboxylic acids is 2. The maximum absolute atomic E-state index is 10.3. The van der Waals surface area contributed by atoms with Crippen LogP contribution in [0, 0.1) is 0 Å². The molecule has 5 nitrogen and oxygen atoms in total. The molecule has 0 aromatic heterocycles. The second-order valence-electron chi connectivity index (χ2n) is 2.26. The van der Waals surface area contributed by atoms with Crippen LogP contribution in [-0.2, 0) is 9.59 Å². The summed E-state index contributed by atoms with van der Waals surface area (Å²) >= 11 is 0. The third-order valence-electron chi connectivity index (χ3n) is 1.42. The van der Waals surface area contributed by atoms with Crippen LogP contribution in [-0.4, -0.2) is 11.9 Å². The molecule has 0 bridgehead atoms. The van der Waals surface area contributed by atoms with Crippen LogP contribution in [0.2, 0.25) is 0 Å². The highest BCUT2D eigenvalue weighted by Gasteiger charge is 2.07. The quantitative estimate of drug-likeness (QED) is 0.481. The third-order valence-corrected chi connectivity index (χ3v) is 1.42. The van der Waals surface area contributed by atoms with E-state index in [4.69, 9.17) is 0 Å². The summed E-state index contributed by atoms with van der Waals surface area (Å²) in [4.78, 5) is 20.5. The highest BCUT2D eigenvalue weighted by molar-refractivity contribution is 5.91. The second kappa shape index (κ2) is 3.08. The van der Waals surface area contributed by atoms with Crippen LogP contribution in [0.3, 0.4) is 0 Å². The molecule has 5 heteroatoms. The van der Waals surface area contributed by atoms with Crippen molar-refractivity contribution in [1.29, 1.82) is 0 Å². The summed E-state index contributed by atoms with van der Waals surface area (Å²) in [6.45, 7) is 0. The predicted molar refractivity (Wildman–Crippen MR) is 33.9 cm³/mol. The van der Waals surface area contributed by atoms with Crippen LogP contribution in [0.1, 0.15) is 6.42 Å². The van der Waals surface area contributed by atoms with Crippen molar-refractivity contribution >= 4 is 11.9 Å². The lowest BCUT2D eigenvalue weighted by atomic mass is 10.1. The second-order valence-corrected chi connectivity index (χ2v) is 2.26. The third kappa shape index (κ3) is 1.63. The smallest absolute Gasteiger partial charge is 0.0692 e. The Kier molecular flexibility index (Phi) is 2.14. The zero-order valence-corrected chi connectivity index (χ0v) is 5.99. The van der Waals surface area contributed by atoms with Gasteiger partial charge in [-0.2, -0.15) is 0 Å². The molecule has 0 radical (unpaired) electrons. The number of carbonyl (C=O) groups excluding carboxylic acids is 2. The normalized spacial score (nSPS) is 15.7. The molecule has 1 aliphatic heterocycles. The Hall–Kier alpha value is -1.78. The maximum atomic E-state index is 10.3. The Morgan fingerprint density at radius 1 is 1.17 bits per heavy atom. The molecule has 0 atom stereocenters. The molecule has 1 heterocycles. The number of rotatable bonds is 2. The lowest BCUT2D eigenvalue weighted by Gasteiger charge is -2.16. The van der Waals surface area contributed by atoms with Crippen LogP contribution in [0.25, 0.3) is 0 Å². The Morgan fingerprint density at radius 3 is 1.92 bits per heavy atom. The summed E-state index contributed by atoms with van der Waals surface area (Å²) in [5.74, 6) is -2.76. The minimum Gasteiger partial charge on any atom is -0.545 e. The van der Waals surface area contributed by atoms with Gasteiger partial charge in [-0.3, -0.25) is 0 Å². The van der Waals surface area contributed by atoms with Crippen molar-refractivity contribution in [3.8, 4) is 0 Å². The van der Waals surface area contributed by atoms with E-state index in [-0.39, 0.29) is 17.6 Å². The van der Waals surface area contributed by atoms with Gasteiger partial charge >= 0.3 is 0 Å². The fraction of sp³-hybridized carbons (Fsp3) is 0.143. The van der Waals surface area contributed by atoms with Gasteiger partial charge in [0.25, 0.3) is 0 Å². The molecule has 12 heavy (non-hydrogen) atoms. The molecule has 0 aromatic rings. The fourth-order valence-corrected chi connectivity index (χ4v) is 0.812. The Balaban J connectivity index is 2.73. The molecule has 0 aromatic carbocycles. The monoisotopic (exact) mass is 167 g/mol. The van der Waals surface area contributed by atoms with Crippen molar-refractivity contribution in [2.75, 3.05) is 0 Å². The van der Waals surface area contributed by atoms with Crippen LogP contribution >= 0.6 is 0 Å². The number of nitrogens with one attached hydrogen (secondary N) is 1. The van der Waals surface area contributed by atoms with Crippen molar-refractivity contribution in [2.45, 2.75) is 6.42 Å². The van der Waals surface area contributed by atoms with Gasteiger partial charge in [-0.25, -0.2) is 0 Å². The molecule has 0 aliphatic carbocycles. The molecule has 0 saturated heterocycles. The molecule has 1 N–H and O–H groups in total. The van der Waals surface area contributed by atoms with Gasteiger partial charge in [0.15, 0.2) is 0 Å². The van der Waals surface area contributed by atoms with E-state index in [1.807, 2.05) is 0 Å². The number of dihydropyridines is 1. The molecule has 0 saturated carbocycles. The van der Waals surface area contributed by atoms with E-state index in [0.29, 0.717) is 0 Å². The molecule has 64 valence electrons. The van der Waals surface area contributed by atoms with E-state index in [9.17, 15) is 19.8 Å². The predicted octanol–water partition coefficient (Wildman–Crippen LogP) is -2.75. The fourth-order valence-electron chi connectivity index (χ4n) is 0.812. The Labute approximate surface area is 68.0 Å². The van der Waals surface area contributed by atoms with Crippen LogP contribution in [0.15, 0.2) is 23.5 Å². The summed E-state index contributed by atoms with van der Waals surface area (Å²) in [6, 6.07) is 0. The largest absolute Gasteiger partial charge is 0.545 e. The van der Waals surface area contributed by atoms with Gasteiger partial charge in [-0.05, 0) is 11.1 Å². The number of carbonyl (C=O) groups is 2. The first-order valence-electron chi connectivity index (χ1n) is 3.18. The van der Waals surface area contributed by atoms with Gasteiger partial charge in [0.2, 0.25) is 0 Å². The SMILES string of the molecule is O=C([O-])C1=CNC=C(C(=O)[O-])C1. The number of carboxylic acids is 2. The molecule has 0 unspecified atom stereocenters. The summed E-state index contributed by atoms with van der Waals surface area (Å²) in [5, 5.41) is 22.9. The Morgan fingerprint density at radius 2 is 1.58 bits per heavy atom. The van der Waals surface area contributed by atoms with Crippen molar-refractivity contribution in [2.24, 2.45) is 0 Å². The average Bonchev–Trinajstić information content (AvgIpc) is 2.04. The standard InChI is InChI=1S/C7H7NO4/c9-6(10)4-1-5(7(11)12)3-8-2-4/h2-3,8H,1H2,(H,9,10)(H,11,12)/p-2. The zero-order chi connectivity index (χ0) is 9.14. The summed E-state index contributed by atoms with van der Waals surface area (Å²) in [7, 11) is 0. The van der Waals surface area contributed by atoms with Gasteiger partial charge < -0.3 is 25.1 Å². The zero-order valence-electron chi connectivity index (χ0n) is 5.99. The molecule has 0 spiro atoms. The van der Waals surface area contributed by atoms with E-state index in [2.05, 4.69) is 5.32 Å². The molecule has 0 fully saturated rings. The molecule has 1 aliphatic rings. The topological polar surface area (TPSA) is 92.3 Å². The summed E-state index contributed by atoms with van der Waals surface area (Å²) in [6.07, 6.45) is 2.20. The Bertz CT molecular complexity index is 262. The first-order valence-corrected chi connectivity index (χ1v) is 3.18. The van der Waals surface area contributed by atoms with Gasteiger partial charge in [0.1, 0.15) is 0 Å². The summed E-state index contributed by atoms with van der Waals surface area (Å²) < 4.78 is 0. The molecule has 0 amide bonds. The van der Waals surface area contributed by atoms with Crippen LogP contribution in [0.4, 0.5) is 0 Å². The number of carboxylic acid groups (broad SMARTS) is 2. The van der Waals surface area contributed by atoms with Crippen molar-refractivity contribution < 1.29 is 19.8 Å². The van der Waals surface area contributed by atoms with Crippen molar-refractivity contribution in [3.63, 3.8) is 0 Å². The number of hydrogen-bond donors (Lipinski definition) is 1. The average molecular weight is 167 g/mol. The van der Waals surface area contributed by atoms with Crippen molar-refractivity contribution in [1.82, 2.24) is 5.32 Å². The minimum absolute atomic E-state index is 0.100. The maximum Gasteiger partial charge on any atom is 0.0692 e. The molecular formula is C7H5NO4-2. The van der Waals surface area contributed by atoms with Gasteiger partial charge in [-0.15, -0.1) is 0 Å². The van der Waals surface area contributed by atoms with E-state index in [1.54, 1.807) is 0 Å². The summed E-state index contributed by atoms with van der Waals surface area (Å²) in [5.41, 5.74) is -0.201.